The summed E-state index contributed by atoms with van der Waals surface area (Å²) in [7, 11) is 0. The van der Waals surface area contributed by atoms with Crippen molar-refractivity contribution in [3.63, 3.8) is 0 Å². The standard InChI is InChI=1S/C14H28N2/c1-6-7-8-9-14-15(12(2)3)10-11-16(14)13(4)5/h10-14H,6-9H2,1-5H3. The highest BCUT2D eigenvalue weighted by Crippen LogP contribution is 2.25. The molecule has 1 aliphatic heterocycles. The Hall–Kier alpha value is -0.660. The molecule has 0 aromatic carbocycles. The van der Waals surface area contributed by atoms with Crippen molar-refractivity contribution < 1.29 is 0 Å². The Morgan fingerprint density at radius 2 is 1.44 bits per heavy atom. The molecule has 0 fully saturated rings. The Morgan fingerprint density at radius 1 is 0.938 bits per heavy atom. The molecule has 2 nitrogen and oxygen atoms in total. The molecule has 0 saturated heterocycles. The molecular formula is C14H28N2. The van der Waals surface area contributed by atoms with Crippen molar-refractivity contribution in [2.75, 3.05) is 0 Å². The molecule has 0 bridgehead atoms. The summed E-state index contributed by atoms with van der Waals surface area (Å²) in [6.45, 7) is 11.4. The lowest BCUT2D eigenvalue weighted by atomic mass is 10.1. The predicted molar refractivity (Wildman–Crippen MR) is 71.0 cm³/mol. The van der Waals surface area contributed by atoms with Crippen LogP contribution in [0.1, 0.15) is 60.3 Å². The van der Waals surface area contributed by atoms with Crippen molar-refractivity contribution in [3.05, 3.63) is 12.4 Å². The summed E-state index contributed by atoms with van der Waals surface area (Å²) >= 11 is 0. The maximum Gasteiger partial charge on any atom is 0.101 e. The van der Waals surface area contributed by atoms with Gasteiger partial charge in [-0.2, -0.15) is 0 Å². The van der Waals surface area contributed by atoms with Crippen LogP contribution in [0.4, 0.5) is 0 Å². The first-order valence-corrected chi connectivity index (χ1v) is 6.81. The van der Waals surface area contributed by atoms with Crippen LogP contribution in [0.15, 0.2) is 12.4 Å². The molecule has 0 spiro atoms. The van der Waals surface area contributed by atoms with Crippen LogP contribution < -0.4 is 0 Å². The van der Waals surface area contributed by atoms with E-state index in [1.807, 2.05) is 0 Å². The first-order valence-electron chi connectivity index (χ1n) is 6.81. The van der Waals surface area contributed by atoms with E-state index in [0.717, 1.165) is 0 Å². The zero-order chi connectivity index (χ0) is 12.1. The lowest BCUT2D eigenvalue weighted by molar-refractivity contribution is 0.0948. The summed E-state index contributed by atoms with van der Waals surface area (Å²) < 4.78 is 0. The van der Waals surface area contributed by atoms with Gasteiger partial charge in [0.25, 0.3) is 0 Å². The van der Waals surface area contributed by atoms with E-state index in [1.165, 1.54) is 25.7 Å². The minimum absolute atomic E-state index is 0.589. The smallest absolute Gasteiger partial charge is 0.101 e. The summed E-state index contributed by atoms with van der Waals surface area (Å²) in [6.07, 6.45) is 10.4. The van der Waals surface area contributed by atoms with Gasteiger partial charge in [-0.25, -0.2) is 0 Å². The number of unbranched alkanes of at least 4 members (excludes halogenated alkanes) is 2. The maximum absolute atomic E-state index is 2.50. The molecule has 16 heavy (non-hydrogen) atoms. The molecule has 2 heteroatoms. The number of rotatable bonds is 6. The first kappa shape index (κ1) is 13.4. The van der Waals surface area contributed by atoms with Crippen molar-refractivity contribution in [1.82, 2.24) is 9.80 Å². The second-order valence-electron chi connectivity index (χ2n) is 5.36. The third-order valence-electron chi connectivity index (χ3n) is 3.36. The van der Waals surface area contributed by atoms with Crippen molar-refractivity contribution in [3.8, 4) is 0 Å². The van der Waals surface area contributed by atoms with Gasteiger partial charge in [0.05, 0.1) is 0 Å². The van der Waals surface area contributed by atoms with Gasteiger partial charge < -0.3 is 9.80 Å². The van der Waals surface area contributed by atoms with E-state index >= 15 is 0 Å². The zero-order valence-electron chi connectivity index (χ0n) is 11.6. The molecule has 0 amide bonds. The molecule has 94 valence electrons. The van der Waals surface area contributed by atoms with Crippen molar-refractivity contribution in [2.45, 2.75) is 78.6 Å². The van der Waals surface area contributed by atoms with Crippen LogP contribution in [-0.2, 0) is 0 Å². The van der Waals surface area contributed by atoms with Gasteiger partial charge in [0.1, 0.15) is 6.17 Å². The van der Waals surface area contributed by atoms with Crippen molar-refractivity contribution >= 4 is 0 Å². The summed E-state index contributed by atoms with van der Waals surface area (Å²) in [5, 5.41) is 0. The Morgan fingerprint density at radius 3 is 1.81 bits per heavy atom. The van der Waals surface area contributed by atoms with E-state index in [2.05, 4.69) is 56.8 Å². The van der Waals surface area contributed by atoms with Crippen molar-refractivity contribution in [2.24, 2.45) is 0 Å². The van der Waals surface area contributed by atoms with Crippen molar-refractivity contribution in [1.29, 1.82) is 0 Å². The van der Waals surface area contributed by atoms with E-state index < -0.39 is 0 Å². The summed E-state index contributed by atoms with van der Waals surface area (Å²) in [6, 6.07) is 1.21. The minimum Gasteiger partial charge on any atom is -0.354 e. The SMILES string of the molecule is CCCCCC1N(C(C)C)C=CN1C(C)C. The van der Waals surface area contributed by atoms with Crippen LogP contribution in [-0.4, -0.2) is 28.0 Å². The molecule has 0 saturated carbocycles. The van der Waals surface area contributed by atoms with Gasteiger partial charge in [0.2, 0.25) is 0 Å². The van der Waals surface area contributed by atoms with Gasteiger partial charge >= 0.3 is 0 Å². The highest BCUT2D eigenvalue weighted by Gasteiger charge is 2.28. The third-order valence-corrected chi connectivity index (χ3v) is 3.36. The molecule has 0 aromatic rings. The topological polar surface area (TPSA) is 6.48 Å². The Bertz CT molecular complexity index is 203. The quantitative estimate of drug-likeness (QED) is 0.633. The van der Waals surface area contributed by atoms with Crippen LogP contribution in [0.2, 0.25) is 0 Å². The molecule has 0 aromatic heterocycles. The minimum atomic E-state index is 0.589. The first-order chi connectivity index (χ1) is 7.57. The Labute approximate surface area is 101 Å². The second-order valence-corrected chi connectivity index (χ2v) is 5.36. The summed E-state index contributed by atoms with van der Waals surface area (Å²) in [5.74, 6) is 0. The molecule has 0 N–H and O–H groups in total. The molecule has 0 radical (unpaired) electrons. The zero-order valence-corrected chi connectivity index (χ0v) is 11.6. The third kappa shape index (κ3) is 3.16. The van der Waals surface area contributed by atoms with E-state index in [4.69, 9.17) is 0 Å². The number of nitrogens with zero attached hydrogens (tertiary/aromatic N) is 2. The Kier molecular flexibility index (Phi) is 5.17. The fourth-order valence-corrected chi connectivity index (χ4v) is 2.41. The van der Waals surface area contributed by atoms with Gasteiger partial charge in [0, 0.05) is 24.5 Å². The molecule has 0 aliphatic carbocycles. The lowest BCUT2D eigenvalue weighted by Gasteiger charge is -2.37. The lowest BCUT2D eigenvalue weighted by Crippen LogP contribution is -2.44. The summed E-state index contributed by atoms with van der Waals surface area (Å²) in [5.41, 5.74) is 0. The molecule has 0 atom stereocenters. The van der Waals surface area contributed by atoms with Gasteiger partial charge in [-0.05, 0) is 40.5 Å². The number of hydrogen-bond acceptors (Lipinski definition) is 2. The van der Waals surface area contributed by atoms with Crippen LogP contribution in [0.3, 0.4) is 0 Å². The van der Waals surface area contributed by atoms with Crippen LogP contribution in [0.25, 0.3) is 0 Å². The van der Waals surface area contributed by atoms with Gasteiger partial charge in [0.15, 0.2) is 0 Å². The predicted octanol–water partition coefficient (Wildman–Crippen LogP) is 3.80. The van der Waals surface area contributed by atoms with Crippen LogP contribution >= 0.6 is 0 Å². The van der Waals surface area contributed by atoms with E-state index in [-0.39, 0.29) is 0 Å². The monoisotopic (exact) mass is 224 g/mol. The van der Waals surface area contributed by atoms with Gasteiger partial charge in [-0.3, -0.25) is 0 Å². The molecular weight excluding hydrogens is 196 g/mol. The van der Waals surface area contributed by atoms with E-state index in [1.54, 1.807) is 0 Å². The largest absolute Gasteiger partial charge is 0.354 e. The highest BCUT2D eigenvalue weighted by atomic mass is 15.4. The van der Waals surface area contributed by atoms with E-state index in [9.17, 15) is 0 Å². The van der Waals surface area contributed by atoms with Crippen LogP contribution in [0.5, 0.6) is 0 Å². The maximum atomic E-state index is 2.50. The molecule has 1 heterocycles. The number of hydrogen-bond donors (Lipinski definition) is 0. The van der Waals surface area contributed by atoms with Gasteiger partial charge in [-0.1, -0.05) is 19.8 Å². The van der Waals surface area contributed by atoms with Crippen LogP contribution in [0, 0.1) is 0 Å². The molecule has 1 rings (SSSR count). The van der Waals surface area contributed by atoms with Gasteiger partial charge in [-0.15, -0.1) is 0 Å². The normalized spacial score (nSPS) is 17.2. The summed E-state index contributed by atoms with van der Waals surface area (Å²) in [4.78, 5) is 4.99. The average Bonchev–Trinajstić information content (AvgIpc) is 2.62. The Balaban J connectivity index is 2.57. The fourth-order valence-electron chi connectivity index (χ4n) is 2.41. The average molecular weight is 224 g/mol. The highest BCUT2D eigenvalue weighted by molar-refractivity contribution is 4.99. The molecule has 0 unspecified atom stereocenters. The second kappa shape index (κ2) is 6.17. The fraction of sp³-hybridized carbons (Fsp3) is 0.857. The molecule has 1 aliphatic rings. The van der Waals surface area contributed by atoms with E-state index in [0.29, 0.717) is 18.2 Å².